The van der Waals surface area contributed by atoms with Gasteiger partial charge >= 0.3 is 0 Å². The third-order valence-electron chi connectivity index (χ3n) is 3.57. The van der Waals surface area contributed by atoms with Crippen molar-refractivity contribution in [2.24, 2.45) is 0 Å². The van der Waals surface area contributed by atoms with E-state index in [9.17, 15) is 9.18 Å². The maximum atomic E-state index is 13.7. The van der Waals surface area contributed by atoms with Gasteiger partial charge < -0.3 is 5.32 Å². The molecular weight excluding hydrogens is 279 g/mol. The van der Waals surface area contributed by atoms with Crippen molar-refractivity contribution in [2.45, 2.75) is 32.5 Å². The van der Waals surface area contributed by atoms with Crippen LogP contribution in [0.2, 0.25) is 0 Å². The van der Waals surface area contributed by atoms with Crippen LogP contribution in [-0.4, -0.2) is 11.9 Å². The monoisotopic (exact) mass is 300 g/mol. The van der Waals surface area contributed by atoms with E-state index in [0.717, 1.165) is 5.56 Å². The molecule has 0 aliphatic heterocycles. The molecule has 2 aromatic carbocycles. The standard InChI is InChI=1S/C18H21FN2O/c1-13(16-10-6-7-11-17(16)19)21-14(2)18(22)20-12-15-8-4-3-5-9-15/h3-11,13-14,21H,12H2,1-2H3,(H,20,22). The van der Waals surface area contributed by atoms with E-state index < -0.39 is 6.04 Å². The highest BCUT2D eigenvalue weighted by molar-refractivity contribution is 5.81. The summed E-state index contributed by atoms with van der Waals surface area (Å²) in [7, 11) is 0. The molecule has 3 nitrogen and oxygen atoms in total. The topological polar surface area (TPSA) is 41.1 Å². The molecule has 0 heterocycles. The molecule has 0 radical (unpaired) electrons. The fraction of sp³-hybridized carbons (Fsp3) is 0.278. The first-order chi connectivity index (χ1) is 10.6. The number of hydrogen-bond donors (Lipinski definition) is 2. The molecule has 2 rings (SSSR count). The number of benzene rings is 2. The van der Waals surface area contributed by atoms with E-state index in [1.807, 2.05) is 37.3 Å². The number of halogens is 1. The summed E-state index contributed by atoms with van der Waals surface area (Å²) in [6.07, 6.45) is 0. The SMILES string of the molecule is CC(NC(C)c1ccccc1F)C(=O)NCc1ccccc1. The van der Waals surface area contributed by atoms with E-state index in [2.05, 4.69) is 10.6 Å². The molecule has 0 aliphatic carbocycles. The van der Waals surface area contributed by atoms with Crippen molar-refractivity contribution in [3.05, 3.63) is 71.5 Å². The minimum Gasteiger partial charge on any atom is -0.351 e. The summed E-state index contributed by atoms with van der Waals surface area (Å²) in [6.45, 7) is 4.11. The van der Waals surface area contributed by atoms with Crippen LogP contribution in [0.4, 0.5) is 4.39 Å². The third-order valence-corrected chi connectivity index (χ3v) is 3.57. The van der Waals surface area contributed by atoms with Crippen molar-refractivity contribution in [3.63, 3.8) is 0 Å². The Morgan fingerprint density at radius 3 is 2.36 bits per heavy atom. The highest BCUT2D eigenvalue weighted by Gasteiger charge is 2.17. The lowest BCUT2D eigenvalue weighted by Crippen LogP contribution is -2.43. The van der Waals surface area contributed by atoms with Gasteiger partial charge in [-0.2, -0.15) is 0 Å². The van der Waals surface area contributed by atoms with Crippen LogP contribution in [0.5, 0.6) is 0 Å². The van der Waals surface area contributed by atoms with E-state index in [0.29, 0.717) is 12.1 Å². The molecule has 0 aliphatic rings. The molecule has 0 saturated carbocycles. The van der Waals surface area contributed by atoms with Gasteiger partial charge in [-0.05, 0) is 25.5 Å². The first-order valence-electron chi connectivity index (χ1n) is 7.40. The van der Waals surface area contributed by atoms with Gasteiger partial charge in [0.25, 0.3) is 0 Å². The van der Waals surface area contributed by atoms with E-state index in [4.69, 9.17) is 0 Å². The molecule has 116 valence electrons. The van der Waals surface area contributed by atoms with E-state index in [1.165, 1.54) is 6.07 Å². The minimum atomic E-state index is -0.404. The van der Waals surface area contributed by atoms with Gasteiger partial charge in [-0.25, -0.2) is 4.39 Å². The molecule has 2 N–H and O–H groups in total. The van der Waals surface area contributed by atoms with Gasteiger partial charge in [0.2, 0.25) is 5.91 Å². The second kappa shape index (κ2) is 7.71. The number of rotatable bonds is 6. The van der Waals surface area contributed by atoms with Gasteiger partial charge in [0.05, 0.1) is 6.04 Å². The molecule has 22 heavy (non-hydrogen) atoms. The minimum absolute atomic E-state index is 0.105. The van der Waals surface area contributed by atoms with Gasteiger partial charge in [-0.3, -0.25) is 10.1 Å². The zero-order valence-electron chi connectivity index (χ0n) is 12.8. The smallest absolute Gasteiger partial charge is 0.237 e. The normalized spacial score (nSPS) is 13.4. The second-order valence-electron chi connectivity index (χ2n) is 5.33. The van der Waals surface area contributed by atoms with E-state index in [-0.39, 0.29) is 17.8 Å². The Morgan fingerprint density at radius 1 is 1.05 bits per heavy atom. The lowest BCUT2D eigenvalue weighted by molar-refractivity contribution is -0.123. The van der Waals surface area contributed by atoms with Gasteiger partial charge in [0, 0.05) is 18.2 Å². The average Bonchev–Trinajstić information content (AvgIpc) is 2.53. The molecule has 0 fully saturated rings. The average molecular weight is 300 g/mol. The summed E-state index contributed by atoms with van der Waals surface area (Å²) in [6, 6.07) is 15.7. The van der Waals surface area contributed by atoms with Crippen LogP contribution in [0.25, 0.3) is 0 Å². The van der Waals surface area contributed by atoms with Crippen molar-refractivity contribution >= 4 is 5.91 Å². The Kier molecular flexibility index (Phi) is 5.67. The third kappa shape index (κ3) is 4.40. The number of carbonyl (C=O) groups excluding carboxylic acids is 1. The first-order valence-corrected chi connectivity index (χ1v) is 7.40. The van der Waals surface area contributed by atoms with E-state index in [1.54, 1.807) is 25.1 Å². The predicted octanol–water partition coefficient (Wildman–Crippen LogP) is 3.18. The summed E-state index contributed by atoms with van der Waals surface area (Å²) in [4.78, 5) is 12.1. The van der Waals surface area contributed by atoms with Crippen LogP contribution in [0.3, 0.4) is 0 Å². The first kappa shape index (κ1) is 16.2. The second-order valence-corrected chi connectivity index (χ2v) is 5.33. The molecule has 0 aromatic heterocycles. The number of nitrogens with one attached hydrogen (secondary N) is 2. The Morgan fingerprint density at radius 2 is 1.68 bits per heavy atom. The quantitative estimate of drug-likeness (QED) is 0.860. The van der Waals surface area contributed by atoms with Gasteiger partial charge in [-0.15, -0.1) is 0 Å². The van der Waals surface area contributed by atoms with Crippen molar-refractivity contribution in [1.29, 1.82) is 0 Å². The van der Waals surface area contributed by atoms with Crippen LogP contribution in [0, 0.1) is 5.82 Å². The summed E-state index contributed by atoms with van der Waals surface area (Å²) >= 11 is 0. The van der Waals surface area contributed by atoms with Crippen LogP contribution in [0.15, 0.2) is 54.6 Å². The molecule has 0 saturated heterocycles. The summed E-state index contributed by atoms with van der Waals surface area (Å²) in [5.41, 5.74) is 1.61. The zero-order valence-corrected chi connectivity index (χ0v) is 12.8. The van der Waals surface area contributed by atoms with Crippen molar-refractivity contribution in [2.75, 3.05) is 0 Å². The van der Waals surface area contributed by atoms with Gasteiger partial charge in [0.1, 0.15) is 5.82 Å². The molecule has 1 amide bonds. The van der Waals surface area contributed by atoms with Crippen LogP contribution >= 0.6 is 0 Å². The fourth-order valence-corrected chi connectivity index (χ4v) is 2.30. The largest absolute Gasteiger partial charge is 0.351 e. The zero-order chi connectivity index (χ0) is 15.9. The lowest BCUT2D eigenvalue weighted by atomic mass is 10.1. The van der Waals surface area contributed by atoms with Gasteiger partial charge in [0.15, 0.2) is 0 Å². The maximum Gasteiger partial charge on any atom is 0.237 e. The molecular formula is C18H21FN2O. The highest BCUT2D eigenvalue weighted by atomic mass is 19.1. The van der Waals surface area contributed by atoms with Crippen LogP contribution in [0.1, 0.15) is 31.0 Å². The fourth-order valence-electron chi connectivity index (χ4n) is 2.30. The summed E-state index contributed by atoms with van der Waals surface area (Å²) in [5, 5.41) is 6.00. The Hall–Kier alpha value is -2.20. The maximum absolute atomic E-state index is 13.7. The molecule has 0 bridgehead atoms. The Labute approximate surface area is 130 Å². The molecule has 2 aromatic rings. The predicted molar refractivity (Wildman–Crippen MR) is 85.7 cm³/mol. The molecule has 4 heteroatoms. The highest BCUT2D eigenvalue weighted by Crippen LogP contribution is 2.16. The van der Waals surface area contributed by atoms with Gasteiger partial charge in [-0.1, -0.05) is 48.5 Å². The summed E-state index contributed by atoms with van der Waals surface area (Å²) in [5.74, 6) is -0.369. The van der Waals surface area contributed by atoms with E-state index >= 15 is 0 Å². The van der Waals surface area contributed by atoms with Crippen LogP contribution < -0.4 is 10.6 Å². The Balaban J connectivity index is 1.87. The summed E-state index contributed by atoms with van der Waals surface area (Å²) < 4.78 is 13.7. The Bertz CT molecular complexity index is 615. The van der Waals surface area contributed by atoms with Crippen LogP contribution in [-0.2, 0) is 11.3 Å². The number of amides is 1. The molecule has 2 atom stereocenters. The molecule has 2 unspecified atom stereocenters. The van der Waals surface area contributed by atoms with Crippen molar-refractivity contribution < 1.29 is 9.18 Å². The lowest BCUT2D eigenvalue weighted by Gasteiger charge is -2.20. The number of hydrogen-bond acceptors (Lipinski definition) is 2. The number of carbonyl (C=O) groups is 1. The molecule has 0 spiro atoms. The van der Waals surface area contributed by atoms with Crippen molar-refractivity contribution in [3.8, 4) is 0 Å². The van der Waals surface area contributed by atoms with Crippen molar-refractivity contribution in [1.82, 2.24) is 10.6 Å².